The molecular weight excluding hydrogens is 288 g/mol. The topological polar surface area (TPSA) is 65.5 Å². The average molecular weight is 310 g/mol. The molecule has 0 radical (unpaired) electrons. The van der Waals surface area contributed by atoms with Crippen molar-refractivity contribution >= 4 is 15.7 Å². The summed E-state index contributed by atoms with van der Waals surface area (Å²) in [6.45, 7) is 5.74. The number of pyridine rings is 1. The number of nitrogens with zero attached hydrogens (tertiary/aromatic N) is 3. The predicted octanol–water partition coefficient (Wildman–Crippen LogP) is 0.982. The van der Waals surface area contributed by atoms with Gasteiger partial charge in [-0.25, -0.2) is 8.42 Å². The number of hydrogen-bond acceptors (Lipinski definition) is 5. The highest BCUT2D eigenvalue weighted by Gasteiger charge is 2.37. The Hall–Kier alpha value is -1.18. The van der Waals surface area contributed by atoms with Gasteiger partial charge in [0.2, 0.25) is 10.0 Å². The second-order valence-corrected chi connectivity index (χ2v) is 7.50. The van der Waals surface area contributed by atoms with Crippen LogP contribution in [0, 0.1) is 0 Å². The number of rotatable bonds is 4. The molecule has 21 heavy (non-hydrogen) atoms. The minimum Gasteiger partial charge on any atom is -0.384 e. The first-order chi connectivity index (χ1) is 10.1. The molecule has 116 valence electrons. The lowest BCUT2D eigenvalue weighted by atomic mass is 10.2. The maximum atomic E-state index is 12.9. The lowest BCUT2D eigenvalue weighted by molar-refractivity contribution is 0.158. The van der Waals surface area contributed by atoms with Gasteiger partial charge in [0, 0.05) is 44.6 Å². The van der Waals surface area contributed by atoms with E-state index >= 15 is 0 Å². The van der Waals surface area contributed by atoms with Crippen molar-refractivity contribution in [3.05, 3.63) is 18.5 Å². The smallest absolute Gasteiger partial charge is 0.246 e. The molecule has 1 aromatic rings. The van der Waals surface area contributed by atoms with Crippen molar-refractivity contribution in [3.8, 4) is 0 Å². The third-order valence-electron chi connectivity index (χ3n) is 4.32. The molecule has 2 saturated heterocycles. The number of fused-ring (bicyclic) bond motifs is 1. The third-order valence-corrected chi connectivity index (χ3v) is 6.21. The first-order valence-electron chi connectivity index (χ1n) is 7.55. The minimum absolute atomic E-state index is 0.290. The molecule has 3 heterocycles. The summed E-state index contributed by atoms with van der Waals surface area (Å²) in [7, 11) is -3.47. The van der Waals surface area contributed by atoms with Gasteiger partial charge in [0.15, 0.2) is 0 Å². The summed E-state index contributed by atoms with van der Waals surface area (Å²) in [4.78, 5) is 6.69. The van der Waals surface area contributed by atoms with E-state index in [1.165, 1.54) is 12.6 Å². The summed E-state index contributed by atoms with van der Waals surface area (Å²) >= 11 is 0. The van der Waals surface area contributed by atoms with Crippen molar-refractivity contribution < 1.29 is 8.42 Å². The molecule has 0 amide bonds. The Morgan fingerprint density at radius 2 is 2.24 bits per heavy atom. The first-order valence-corrected chi connectivity index (χ1v) is 8.99. The number of sulfonamides is 1. The molecule has 0 aliphatic carbocycles. The fourth-order valence-corrected chi connectivity index (χ4v) is 4.82. The van der Waals surface area contributed by atoms with Gasteiger partial charge in [0.05, 0.1) is 5.69 Å². The Balaban J connectivity index is 1.87. The summed E-state index contributed by atoms with van der Waals surface area (Å²) in [6.07, 6.45) is 5.34. The quantitative estimate of drug-likeness (QED) is 0.898. The van der Waals surface area contributed by atoms with Crippen LogP contribution < -0.4 is 5.32 Å². The van der Waals surface area contributed by atoms with Crippen molar-refractivity contribution in [3.63, 3.8) is 0 Å². The van der Waals surface area contributed by atoms with Crippen molar-refractivity contribution in [2.24, 2.45) is 0 Å². The Bertz CT molecular complexity index is 605. The van der Waals surface area contributed by atoms with Gasteiger partial charge in [-0.05, 0) is 32.4 Å². The zero-order valence-electron chi connectivity index (χ0n) is 12.3. The molecule has 0 saturated carbocycles. The zero-order valence-corrected chi connectivity index (χ0v) is 13.1. The van der Waals surface area contributed by atoms with Gasteiger partial charge in [0.1, 0.15) is 4.90 Å². The highest BCUT2D eigenvalue weighted by molar-refractivity contribution is 7.89. The molecule has 2 aliphatic heterocycles. The van der Waals surface area contributed by atoms with E-state index in [9.17, 15) is 8.42 Å². The lowest BCUT2D eigenvalue weighted by Crippen LogP contribution is -2.51. The number of anilines is 1. The van der Waals surface area contributed by atoms with Crippen LogP contribution in [0.25, 0.3) is 0 Å². The summed E-state index contributed by atoms with van der Waals surface area (Å²) in [5.41, 5.74) is 0.640. The van der Waals surface area contributed by atoms with Crippen molar-refractivity contribution in [2.45, 2.75) is 30.7 Å². The van der Waals surface area contributed by atoms with Crippen LogP contribution in [-0.2, 0) is 10.0 Å². The van der Waals surface area contributed by atoms with Crippen LogP contribution in [0.2, 0.25) is 0 Å². The molecule has 1 unspecified atom stereocenters. The Kier molecular flexibility index (Phi) is 4.14. The van der Waals surface area contributed by atoms with Crippen LogP contribution in [0.1, 0.15) is 19.8 Å². The molecule has 7 heteroatoms. The van der Waals surface area contributed by atoms with Gasteiger partial charge in [-0.1, -0.05) is 0 Å². The molecule has 6 nitrogen and oxygen atoms in total. The van der Waals surface area contributed by atoms with E-state index in [1.54, 1.807) is 16.6 Å². The van der Waals surface area contributed by atoms with Gasteiger partial charge in [-0.2, -0.15) is 4.31 Å². The van der Waals surface area contributed by atoms with Crippen LogP contribution in [0.3, 0.4) is 0 Å². The Morgan fingerprint density at radius 3 is 3.05 bits per heavy atom. The molecule has 0 bridgehead atoms. The zero-order chi connectivity index (χ0) is 14.9. The monoisotopic (exact) mass is 310 g/mol. The highest BCUT2D eigenvalue weighted by atomic mass is 32.2. The molecule has 0 aromatic carbocycles. The molecule has 0 spiro atoms. The van der Waals surface area contributed by atoms with E-state index < -0.39 is 10.0 Å². The lowest BCUT2D eigenvalue weighted by Gasteiger charge is -2.36. The van der Waals surface area contributed by atoms with Crippen LogP contribution in [-0.4, -0.2) is 61.4 Å². The van der Waals surface area contributed by atoms with Crippen LogP contribution in [0.5, 0.6) is 0 Å². The summed E-state index contributed by atoms with van der Waals surface area (Å²) in [5.74, 6) is 0. The van der Waals surface area contributed by atoms with Crippen LogP contribution in [0.4, 0.5) is 5.69 Å². The van der Waals surface area contributed by atoms with E-state index in [4.69, 9.17) is 0 Å². The van der Waals surface area contributed by atoms with Crippen LogP contribution >= 0.6 is 0 Å². The third kappa shape index (κ3) is 2.77. The predicted molar refractivity (Wildman–Crippen MR) is 81.8 cm³/mol. The fraction of sp³-hybridized carbons (Fsp3) is 0.643. The SMILES string of the molecule is CCNc1ccncc1S(=O)(=O)N1CCN2CCCC2C1. The molecule has 3 rings (SSSR count). The van der Waals surface area contributed by atoms with Crippen molar-refractivity contribution in [2.75, 3.05) is 38.0 Å². The van der Waals surface area contributed by atoms with Gasteiger partial charge >= 0.3 is 0 Å². The van der Waals surface area contributed by atoms with Crippen molar-refractivity contribution in [1.29, 1.82) is 0 Å². The second-order valence-electron chi connectivity index (χ2n) is 5.60. The standard InChI is InChI=1S/C14H22N4O2S/c1-2-16-13-5-6-15-10-14(13)21(19,20)18-9-8-17-7-3-4-12(17)11-18/h5-6,10,12H,2-4,7-9,11H2,1H3,(H,15,16). The van der Waals surface area contributed by atoms with Gasteiger partial charge in [-0.15, -0.1) is 0 Å². The number of nitrogens with one attached hydrogen (secondary N) is 1. The second kappa shape index (κ2) is 5.90. The van der Waals surface area contributed by atoms with E-state index in [-0.39, 0.29) is 0 Å². The minimum atomic E-state index is -3.47. The van der Waals surface area contributed by atoms with E-state index in [2.05, 4.69) is 15.2 Å². The molecule has 1 N–H and O–H groups in total. The first kappa shape index (κ1) is 14.7. The maximum Gasteiger partial charge on any atom is 0.246 e. The van der Waals surface area contributed by atoms with E-state index in [0.29, 0.717) is 36.3 Å². The van der Waals surface area contributed by atoms with E-state index in [0.717, 1.165) is 19.5 Å². The van der Waals surface area contributed by atoms with Gasteiger partial charge < -0.3 is 5.32 Å². The Morgan fingerprint density at radius 1 is 1.38 bits per heavy atom. The number of piperazine rings is 1. The normalized spacial score (nSPS) is 24.0. The van der Waals surface area contributed by atoms with Crippen LogP contribution in [0.15, 0.2) is 23.4 Å². The average Bonchev–Trinajstić information content (AvgIpc) is 2.95. The summed E-state index contributed by atoms with van der Waals surface area (Å²) in [6, 6.07) is 2.11. The maximum absolute atomic E-state index is 12.9. The van der Waals surface area contributed by atoms with E-state index in [1.807, 2.05) is 6.92 Å². The largest absolute Gasteiger partial charge is 0.384 e. The summed E-state index contributed by atoms with van der Waals surface area (Å²) in [5, 5.41) is 3.11. The number of hydrogen-bond donors (Lipinski definition) is 1. The fourth-order valence-electron chi connectivity index (χ4n) is 3.24. The highest BCUT2D eigenvalue weighted by Crippen LogP contribution is 2.28. The number of aromatic nitrogens is 1. The summed E-state index contributed by atoms with van der Waals surface area (Å²) < 4.78 is 27.4. The van der Waals surface area contributed by atoms with Gasteiger partial charge in [0.25, 0.3) is 0 Å². The Labute approximate surface area is 126 Å². The molecule has 2 aliphatic rings. The van der Waals surface area contributed by atoms with Gasteiger partial charge in [-0.3, -0.25) is 9.88 Å². The molecule has 2 fully saturated rings. The molecule has 1 aromatic heterocycles. The molecule has 1 atom stereocenters. The van der Waals surface area contributed by atoms with Crippen molar-refractivity contribution in [1.82, 2.24) is 14.2 Å². The molecular formula is C14H22N4O2S.